The molecule has 0 fully saturated rings. The van der Waals surface area contributed by atoms with E-state index in [2.05, 4.69) is 0 Å². The van der Waals surface area contributed by atoms with Crippen molar-refractivity contribution in [2.75, 3.05) is 6.61 Å². The largest absolute Gasteiger partial charge is 0.463 e. The third kappa shape index (κ3) is 6.99. The van der Waals surface area contributed by atoms with Crippen molar-refractivity contribution >= 4 is 11.8 Å². The third-order valence-corrected chi connectivity index (χ3v) is 1.20. The molecule has 0 rings (SSSR count). The minimum atomic E-state index is -0.446. The van der Waals surface area contributed by atoms with Crippen LogP contribution < -0.4 is 0 Å². The first-order valence-corrected chi connectivity index (χ1v) is 4.02. The van der Waals surface area contributed by atoms with Crippen molar-refractivity contribution in [3.05, 3.63) is 12.2 Å². The summed E-state index contributed by atoms with van der Waals surface area (Å²) in [6.07, 6.45) is 4.20. The van der Waals surface area contributed by atoms with Gasteiger partial charge in [0, 0.05) is 6.08 Å². The summed E-state index contributed by atoms with van der Waals surface area (Å²) in [5.74, 6) is -0.596. The lowest BCUT2D eigenvalue weighted by Crippen LogP contribution is -2.02. The van der Waals surface area contributed by atoms with Gasteiger partial charge in [0.1, 0.15) is 0 Å². The Labute approximate surface area is 72.4 Å². The molecule has 0 bridgehead atoms. The highest BCUT2D eigenvalue weighted by molar-refractivity contribution is 5.94. The van der Waals surface area contributed by atoms with Crippen molar-refractivity contribution < 1.29 is 14.3 Å². The Morgan fingerprint density at radius 2 is 2.00 bits per heavy atom. The number of hydrogen-bond donors (Lipinski definition) is 0. The average Bonchev–Trinajstić information content (AvgIpc) is 2.01. The SMILES string of the molecule is CCCCOC(=O)C=CC(C)=O. The molecular formula is C9H14O3. The summed E-state index contributed by atoms with van der Waals surface area (Å²) < 4.78 is 4.75. The lowest BCUT2D eigenvalue weighted by Gasteiger charge is -1.97. The highest BCUT2D eigenvalue weighted by Crippen LogP contribution is 1.89. The molecule has 0 amide bonds. The van der Waals surface area contributed by atoms with E-state index < -0.39 is 5.97 Å². The molecule has 0 atom stereocenters. The smallest absolute Gasteiger partial charge is 0.330 e. The van der Waals surface area contributed by atoms with Crippen LogP contribution in [0, 0.1) is 0 Å². The zero-order chi connectivity index (χ0) is 9.40. The van der Waals surface area contributed by atoms with Gasteiger partial charge in [-0.05, 0) is 19.4 Å². The number of rotatable bonds is 5. The van der Waals surface area contributed by atoms with Gasteiger partial charge in [-0.1, -0.05) is 13.3 Å². The molecule has 0 spiro atoms. The van der Waals surface area contributed by atoms with Crippen molar-refractivity contribution in [3.8, 4) is 0 Å². The maximum Gasteiger partial charge on any atom is 0.330 e. The van der Waals surface area contributed by atoms with Gasteiger partial charge in [0.15, 0.2) is 5.78 Å². The molecule has 3 nitrogen and oxygen atoms in total. The fourth-order valence-corrected chi connectivity index (χ4v) is 0.551. The quantitative estimate of drug-likeness (QED) is 0.356. The van der Waals surface area contributed by atoms with Crippen LogP contribution in [0.4, 0.5) is 0 Å². The average molecular weight is 170 g/mol. The molecule has 0 aromatic heterocycles. The van der Waals surface area contributed by atoms with Crippen molar-refractivity contribution in [3.63, 3.8) is 0 Å². The van der Waals surface area contributed by atoms with Crippen LogP contribution in [-0.2, 0) is 14.3 Å². The van der Waals surface area contributed by atoms with Gasteiger partial charge >= 0.3 is 5.97 Å². The summed E-state index contributed by atoms with van der Waals surface area (Å²) in [6, 6.07) is 0. The lowest BCUT2D eigenvalue weighted by atomic mass is 10.3. The number of ketones is 1. The summed E-state index contributed by atoms with van der Waals surface area (Å²) in [7, 11) is 0. The number of unbranched alkanes of at least 4 members (excludes halogenated alkanes) is 1. The first-order chi connectivity index (χ1) is 5.66. The summed E-state index contributed by atoms with van der Waals surface area (Å²) in [4.78, 5) is 21.1. The maximum absolute atomic E-state index is 10.8. The molecule has 0 unspecified atom stereocenters. The second kappa shape index (κ2) is 6.58. The van der Waals surface area contributed by atoms with Crippen molar-refractivity contribution in [2.24, 2.45) is 0 Å². The molecule has 12 heavy (non-hydrogen) atoms. The molecule has 3 heteroatoms. The first-order valence-electron chi connectivity index (χ1n) is 4.02. The zero-order valence-corrected chi connectivity index (χ0v) is 7.50. The first kappa shape index (κ1) is 10.9. The third-order valence-electron chi connectivity index (χ3n) is 1.20. The topological polar surface area (TPSA) is 43.4 Å². The van der Waals surface area contributed by atoms with Gasteiger partial charge in [-0.3, -0.25) is 4.79 Å². The standard InChI is InChI=1S/C9H14O3/c1-3-4-7-12-9(11)6-5-8(2)10/h5-6H,3-4,7H2,1-2H3. The van der Waals surface area contributed by atoms with Crippen LogP contribution in [0.25, 0.3) is 0 Å². The van der Waals surface area contributed by atoms with Crippen LogP contribution in [0.2, 0.25) is 0 Å². The van der Waals surface area contributed by atoms with Gasteiger partial charge in [0.2, 0.25) is 0 Å². The van der Waals surface area contributed by atoms with Crippen molar-refractivity contribution in [2.45, 2.75) is 26.7 Å². The maximum atomic E-state index is 10.8. The summed E-state index contributed by atoms with van der Waals surface area (Å²) in [5.41, 5.74) is 0. The minimum Gasteiger partial charge on any atom is -0.463 e. The molecule has 0 N–H and O–H groups in total. The van der Waals surface area contributed by atoms with E-state index in [9.17, 15) is 9.59 Å². The van der Waals surface area contributed by atoms with E-state index in [1.165, 1.54) is 13.0 Å². The van der Waals surface area contributed by atoms with Crippen molar-refractivity contribution in [1.29, 1.82) is 0 Å². The van der Waals surface area contributed by atoms with E-state index in [4.69, 9.17) is 4.74 Å². The van der Waals surface area contributed by atoms with E-state index in [1.54, 1.807) is 0 Å². The zero-order valence-electron chi connectivity index (χ0n) is 7.50. The Morgan fingerprint density at radius 1 is 1.33 bits per heavy atom. The van der Waals surface area contributed by atoms with E-state index in [0.29, 0.717) is 6.61 Å². The minimum absolute atomic E-state index is 0.151. The predicted molar refractivity (Wildman–Crippen MR) is 45.7 cm³/mol. The molecule has 0 radical (unpaired) electrons. The Hall–Kier alpha value is -1.12. The summed E-state index contributed by atoms with van der Waals surface area (Å²) in [6.45, 7) is 3.83. The van der Waals surface area contributed by atoms with Gasteiger partial charge in [0.05, 0.1) is 6.61 Å². The second-order valence-corrected chi connectivity index (χ2v) is 2.47. The molecular weight excluding hydrogens is 156 g/mol. The fourth-order valence-electron chi connectivity index (χ4n) is 0.551. The Balaban J connectivity index is 3.53. The monoisotopic (exact) mass is 170 g/mol. The number of esters is 1. The van der Waals surface area contributed by atoms with Crippen LogP contribution in [0.5, 0.6) is 0 Å². The molecule has 0 aliphatic carbocycles. The van der Waals surface area contributed by atoms with E-state index >= 15 is 0 Å². The Kier molecular flexibility index (Phi) is 5.97. The van der Waals surface area contributed by atoms with Gasteiger partial charge < -0.3 is 4.74 Å². The van der Waals surface area contributed by atoms with Gasteiger partial charge in [-0.2, -0.15) is 0 Å². The number of carbonyl (C=O) groups excluding carboxylic acids is 2. The van der Waals surface area contributed by atoms with Crippen molar-refractivity contribution in [1.82, 2.24) is 0 Å². The van der Waals surface area contributed by atoms with Crippen LogP contribution in [0.3, 0.4) is 0 Å². The van der Waals surface area contributed by atoms with E-state index in [1.807, 2.05) is 6.92 Å². The molecule has 0 heterocycles. The normalized spacial score (nSPS) is 10.2. The van der Waals surface area contributed by atoms with E-state index in [-0.39, 0.29) is 5.78 Å². The lowest BCUT2D eigenvalue weighted by molar-refractivity contribution is -0.138. The predicted octanol–water partition coefficient (Wildman–Crippen LogP) is 1.47. The van der Waals surface area contributed by atoms with Crippen LogP contribution in [0.15, 0.2) is 12.2 Å². The summed E-state index contributed by atoms with van der Waals surface area (Å²) >= 11 is 0. The summed E-state index contributed by atoms with van der Waals surface area (Å²) in [5, 5.41) is 0. The molecule has 0 saturated heterocycles. The van der Waals surface area contributed by atoms with E-state index in [0.717, 1.165) is 18.9 Å². The second-order valence-electron chi connectivity index (χ2n) is 2.47. The fraction of sp³-hybridized carbons (Fsp3) is 0.556. The van der Waals surface area contributed by atoms with Gasteiger partial charge in [-0.25, -0.2) is 4.79 Å². The highest BCUT2D eigenvalue weighted by Gasteiger charge is 1.95. The molecule has 0 aromatic carbocycles. The molecule has 0 saturated carbocycles. The molecule has 0 aromatic rings. The highest BCUT2D eigenvalue weighted by atomic mass is 16.5. The van der Waals surface area contributed by atoms with Gasteiger partial charge in [-0.15, -0.1) is 0 Å². The molecule has 0 aliphatic heterocycles. The molecule has 0 aliphatic rings. The van der Waals surface area contributed by atoms with Crippen LogP contribution in [0.1, 0.15) is 26.7 Å². The van der Waals surface area contributed by atoms with Crippen LogP contribution >= 0.6 is 0 Å². The number of ether oxygens (including phenoxy) is 1. The number of hydrogen-bond acceptors (Lipinski definition) is 3. The number of allylic oxidation sites excluding steroid dienone is 1. The Bertz CT molecular complexity index is 182. The van der Waals surface area contributed by atoms with Crippen LogP contribution in [-0.4, -0.2) is 18.4 Å². The number of carbonyl (C=O) groups is 2. The van der Waals surface area contributed by atoms with Gasteiger partial charge in [0.25, 0.3) is 0 Å². The molecule has 68 valence electrons. The Morgan fingerprint density at radius 3 is 2.50 bits per heavy atom.